The van der Waals surface area contributed by atoms with Gasteiger partial charge in [0, 0.05) is 39.6 Å². The van der Waals surface area contributed by atoms with Crippen molar-refractivity contribution in [1.82, 2.24) is 18.7 Å². The number of nitrogens with one attached hydrogen (secondary N) is 1. The van der Waals surface area contributed by atoms with Gasteiger partial charge in [0.25, 0.3) is 5.91 Å². The molecule has 2 aromatic rings. The van der Waals surface area contributed by atoms with Gasteiger partial charge in [-0.05, 0) is 18.9 Å². The minimum absolute atomic E-state index is 0.151. The smallest absolute Gasteiger partial charge is 0.272 e. The topological polar surface area (TPSA) is 89.2 Å². The van der Waals surface area contributed by atoms with Gasteiger partial charge in [0.1, 0.15) is 10.6 Å². The largest absolute Gasteiger partial charge is 0.345 e. The first-order valence-corrected chi connectivity index (χ1v) is 8.78. The van der Waals surface area contributed by atoms with Crippen molar-refractivity contribution in [3.05, 3.63) is 30.4 Å². The third kappa shape index (κ3) is 3.02. The van der Waals surface area contributed by atoms with Crippen LogP contribution in [0, 0.1) is 0 Å². The van der Waals surface area contributed by atoms with Crippen LogP contribution in [-0.4, -0.2) is 46.1 Å². The fourth-order valence-corrected chi connectivity index (χ4v) is 4.25. The van der Waals surface area contributed by atoms with E-state index in [1.165, 1.54) is 27.3 Å². The molecule has 9 heteroatoms. The van der Waals surface area contributed by atoms with E-state index in [1.807, 2.05) is 0 Å². The van der Waals surface area contributed by atoms with Gasteiger partial charge in [0.05, 0.1) is 11.9 Å². The zero-order valence-electron chi connectivity index (χ0n) is 13.1. The molecule has 1 aliphatic rings. The van der Waals surface area contributed by atoms with Gasteiger partial charge in [0.2, 0.25) is 10.0 Å². The van der Waals surface area contributed by atoms with Crippen LogP contribution in [0.3, 0.4) is 0 Å². The third-order valence-electron chi connectivity index (χ3n) is 3.88. The number of hydrogen-bond acceptors (Lipinski definition) is 4. The van der Waals surface area contributed by atoms with E-state index in [2.05, 4.69) is 10.4 Å². The Morgan fingerprint density at radius 1 is 1.22 bits per heavy atom. The summed E-state index contributed by atoms with van der Waals surface area (Å²) < 4.78 is 29.7. The monoisotopic (exact) mass is 337 g/mol. The molecule has 1 saturated heterocycles. The second-order valence-corrected chi connectivity index (χ2v) is 7.58. The molecule has 0 spiro atoms. The average Bonchev–Trinajstić information content (AvgIpc) is 3.19. The lowest BCUT2D eigenvalue weighted by molar-refractivity contribution is 0.101. The van der Waals surface area contributed by atoms with Crippen molar-refractivity contribution in [3.63, 3.8) is 0 Å². The van der Waals surface area contributed by atoms with Crippen LogP contribution in [0.5, 0.6) is 0 Å². The molecule has 0 radical (unpaired) electrons. The van der Waals surface area contributed by atoms with Crippen molar-refractivity contribution in [3.8, 4) is 0 Å². The maximum Gasteiger partial charge on any atom is 0.272 e. The van der Waals surface area contributed by atoms with Crippen LogP contribution in [0.4, 0.5) is 5.69 Å². The van der Waals surface area contributed by atoms with Crippen LogP contribution in [0.1, 0.15) is 23.3 Å². The normalized spacial score (nSPS) is 15.9. The predicted octanol–water partition coefficient (Wildman–Crippen LogP) is 0.795. The van der Waals surface area contributed by atoms with Gasteiger partial charge in [-0.3, -0.25) is 9.48 Å². The van der Waals surface area contributed by atoms with Crippen LogP contribution >= 0.6 is 0 Å². The van der Waals surface area contributed by atoms with Gasteiger partial charge in [0.15, 0.2) is 0 Å². The molecule has 124 valence electrons. The highest BCUT2D eigenvalue weighted by Crippen LogP contribution is 2.23. The first kappa shape index (κ1) is 15.8. The number of carbonyl (C=O) groups excluding carboxylic acids is 1. The molecule has 0 bridgehead atoms. The number of rotatable bonds is 4. The molecule has 3 heterocycles. The van der Waals surface area contributed by atoms with Gasteiger partial charge >= 0.3 is 0 Å². The molecule has 1 N–H and O–H groups in total. The van der Waals surface area contributed by atoms with E-state index in [0.29, 0.717) is 18.8 Å². The number of nitrogens with zero attached hydrogens (tertiary/aromatic N) is 4. The first-order chi connectivity index (χ1) is 10.9. The summed E-state index contributed by atoms with van der Waals surface area (Å²) in [5.41, 5.74) is 0.842. The molecule has 0 saturated carbocycles. The summed E-state index contributed by atoms with van der Waals surface area (Å²) in [6, 6.07) is 1.42. The SMILES string of the molecule is Cn1cc(NC(=O)c2cc(S(=O)(=O)N3CCCC3)cn2C)cn1. The Balaban J connectivity index is 1.84. The van der Waals surface area contributed by atoms with E-state index in [1.54, 1.807) is 25.0 Å². The summed E-state index contributed by atoms with van der Waals surface area (Å²) in [6.07, 6.45) is 6.43. The molecule has 0 aliphatic carbocycles. The zero-order chi connectivity index (χ0) is 16.6. The highest BCUT2D eigenvalue weighted by Gasteiger charge is 2.29. The Morgan fingerprint density at radius 3 is 2.52 bits per heavy atom. The molecule has 8 nitrogen and oxygen atoms in total. The van der Waals surface area contributed by atoms with E-state index in [-0.39, 0.29) is 16.5 Å². The van der Waals surface area contributed by atoms with Crippen molar-refractivity contribution >= 4 is 21.6 Å². The van der Waals surface area contributed by atoms with Gasteiger partial charge in [-0.15, -0.1) is 0 Å². The Morgan fingerprint density at radius 2 is 1.91 bits per heavy atom. The lowest BCUT2D eigenvalue weighted by atomic mass is 10.4. The van der Waals surface area contributed by atoms with Crippen LogP contribution < -0.4 is 5.32 Å². The lowest BCUT2D eigenvalue weighted by Gasteiger charge is -2.13. The second-order valence-electron chi connectivity index (χ2n) is 5.64. The molecule has 0 atom stereocenters. The predicted molar refractivity (Wildman–Crippen MR) is 84.6 cm³/mol. The van der Waals surface area contributed by atoms with E-state index in [0.717, 1.165) is 12.8 Å². The number of amides is 1. The van der Waals surface area contributed by atoms with Crippen LogP contribution in [0.2, 0.25) is 0 Å². The molecule has 2 aromatic heterocycles. The fourth-order valence-electron chi connectivity index (χ4n) is 2.66. The molecular weight excluding hydrogens is 318 g/mol. The number of anilines is 1. The molecule has 0 aromatic carbocycles. The van der Waals surface area contributed by atoms with Crippen LogP contribution in [0.25, 0.3) is 0 Å². The van der Waals surface area contributed by atoms with Gasteiger partial charge in [-0.2, -0.15) is 9.40 Å². The second kappa shape index (κ2) is 5.82. The van der Waals surface area contributed by atoms with Gasteiger partial charge < -0.3 is 9.88 Å². The molecule has 1 fully saturated rings. The van der Waals surface area contributed by atoms with Crippen molar-refractivity contribution in [2.45, 2.75) is 17.7 Å². The first-order valence-electron chi connectivity index (χ1n) is 7.34. The molecule has 23 heavy (non-hydrogen) atoms. The summed E-state index contributed by atoms with van der Waals surface area (Å²) in [5, 5.41) is 6.68. The Hall–Kier alpha value is -2.13. The molecule has 1 amide bonds. The summed E-state index contributed by atoms with van der Waals surface area (Å²) in [7, 11) is -0.124. The summed E-state index contributed by atoms with van der Waals surface area (Å²) in [5.74, 6) is -0.372. The summed E-state index contributed by atoms with van der Waals surface area (Å²) in [6.45, 7) is 1.07. The Labute approximate surface area is 134 Å². The highest BCUT2D eigenvalue weighted by molar-refractivity contribution is 7.89. The minimum Gasteiger partial charge on any atom is -0.345 e. The average molecular weight is 337 g/mol. The van der Waals surface area contributed by atoms with E-state index < -0.39 is 10.0 Å². The molecule has 3 rings (SSSR count). The highest BCUT2D eigenvalue weighted by atomic mass is 32.2. The van der Waals surface area contributed by atoms with Crippen molar-refractivity contribution in [2.75, 3.05) is 18.4 Å². The Kier molecular flexibility index (Phi) is 3.99. The quantitative estimate of drug-likeness (QED) is 0.893. The zero-order valence-corrected chi connectivity index (χ0v) is 13.9. The lowest BCUT2D eigenvalue weighted by Crippen LogP contribution is -2.27. The van der Waals surface area contributed by atoms with Gasteiger partial charge in [-0.25, -0.2) is 8.42 Å². The van der Waals surface area contributed by atoms with Crippen LogP contribution in [-0.2, 0) is 24.1 Å². The molecule has 1 aliphatic heterocycles. The molecule has 0 unspecified atom stereocenters. The maximum absolute atomic E-state index is 12.6. The Bertz CT molecular complexity index is 830. The minimum atomic E-state index is -3.53. The number of carbonyl (C=O) groups is 1. The number of hydrogen-bond donors (Lipinski definition) is 1. The fraction of sp³-hybridized carbons (Fsp3) is 0.429. The third-order valence-corrected chi connectivity index (χ3v) is 5.74. The standard InChI is InChI=1S/C14H19N5O3S/c1-17-10-12(23(21,22)19-5-3-4-6-19)7-13(17)14(20)16-11-8-15-18(2)9-11/h7-10H,3-6H2,1-2H3,(H,16,20). The number of sulfonamides is 1. The molecular formula is C14H19N5O3S. The van der Waals surface area contributed by atoms with E-state index in [4.69, 9.17) is 0 Å². The summed E-state index contributed by atoms with van der Waals surface area (Å²) in [4.78, 5) is 12.5. The summed E-state index contributed by atoms with van der Waals surface area (Å²) >= 11 is 0. The van der Waals surface area contributed by atoms with E-state index in [9.17, 15) is 13.2 Å². The van der Waals surface area contributed by atoms with Gasteiger partial charge in [-0.1, -0.05) is 0 Å². The maximum atomic E-state index is 12.6. The number of aromatic nitrogens is 3. The number of aryl methyl sites for hydroxylation is 2. The van der Waals surface area contributed by atoms with Crippen molar-refractivity contribution < 1.29 is 13.2 Å². The van der Waals surface area contributed by atoms with Crippen molar-refractivity contribution in [2.24, 2.45) is 14.1 Å². The van der Waals surface area contributed by atoms with E-state index >= 15 is 0 Å². The van der Waals surface area contributed by atoms with Crippen molar-refractivity contribution in [1.29, 1.82) is 0 Å². The van der Waals surface area contributed by atoms with Crippen LogP contribution in [0.15, 0.2) is 29.6 Å².